The third-order valence-electron chi connectivity index (χ3n) is 3.20. The Morgan fingerprint density at radius 2 is 1.90 bits per heavy atom. The second-order valence-corrected chi connectivity index (χ2v) is 6.25. The standard InChI is InChI=1S/C14H25N5O2/c1-14(2,3)5-8-21-13-17-11(15-4)16-12(18-13)19-6-9-20-10-7-19/h5-10H2,1-4H3,(H,15,16,17,18). The molecular weight excluding hydrogens is 270 g/mol. The molecule has 0 aromatic carbocycles. The van der Waals surface area contributed by atoms with Gasteiger partial charge in [-0.2, -0.15) is 15.0 Å². The van der Waals surface area contributed by atoms with Crippen molar-refractivity contribution >= 4 is 11.9 Å². The van der Waals surface area contributed by atoms with Gasteiger partial charge >= 0.3 is 6.01 Å². The molecule has 1 aromatic heterocycles. The van der Waals surface area contributed by atoms with Gasteiger partial charge in [0.1, 0.15) is 0 Å². The molecule has 0 spiro atoms. The zero-order valence-corrected chi connectivity index (χ0v) is 13.3. The maximum absolute atomic E-state index is 5.70. The van der Waals surface area contributed by atoms with Gasteiger partial charge in [0.15, 0.2) is 0 Å². The molecule has 0 radical (unpaired) electrons. The number of aromatic nitrogens is 3. The average molecular weight is 295 g/mol. The lowest BCUT2D eigenvalue weighted by molar-refractivity contribution is 0.122. The van der Waals surface area contributed by atoms with Crippen molar-refractivity contribution in [2.75, 3.05) is 50.2 Å². The van der Waals surface area contributed by atoms with E-state index in [-0.39, 0.29) is 5.41 Å². The molecule has 1 N–H and O–H groups in total. The highest BCUT2D eigenvalue weighted by atomic mass is 16.5. The quantitative estimate of drug-likeness (QED) is 0.883. The fraction of sp³-hybridized carbons (Fsp3) is 0.786. The van der Waals surface area contributed by atoms with E-state index in [4.69, 9.17) is 9.47 Å². The van der Waals surface area contributed by atoms with Crippen molar-refractivity contribution < 1.29 is 9.47 Å². The van der Waals surface area contributed by atoms with Gasteiger partial charge < -0.3 is 19.7 Å². The highest BCUT2D eigenvalue weighted by molar-refractivity contribution is 5.38. The number of nitrogens with one attached hydrogen (secondary N) is 1. The zero-order valence-electron chi connectivity index (χ0n) is 13.3. The van der Waals surface area contributed by atoms with E-state index in [1.165, 1.54) is 0 Å². The molecule has 7 heteroatoms. The van der Waals surface area contributed by atoms with Crippen LogP contribution in [0.15, 0.2) is 0 Å². The lowest BCUT2D eigenvalue weighted by atomic mass is 9.93. The van der Waals surface area contributed by atoms with E-state index >= 15 is 0 Å². The van der Waals surface area contributed by atoms with E-state index in [1.807, 2.05) is 0 Å². The molecule has 0 bridgehead atoms. The van der Waals surface area contributed by atoms with Gasteiger partial charge in [-0.25, -0.2) is 0 Å². The molecule has 0 saturated carbocycles. The largest absolute Gasteiger partial charge is 0.463 e. The Labute approximate surface area is 126 Å². The smallest absolute Gasteiger partial charge is 0.323 e. The second-order valence-electron chi connectivity index (χ2n) is 6.25. The number of ether oxygens (including phenoxy) is 2. The molecule has 0 unspecified atom stereocenters. The molecule has 0 amide bonds. The minimum Gasteiger partial charge on any atom is -0.463 e. The SMILES string of the molecule is CNc1nc(OCCC(C)(C)C)nc(N2CCOCC2)n1. The monoisotopic (exact) mass is 295 g/mol. The van der Waals surface area contributed by atoms with Gasteiger partial charge in [0.25, 0.3) is 0 Å². The summed E-state index contributed by atoms with van der Waals surface area (Å²) in [6.07, 6.45) is 0.945. The number of morpholine rings is 1. The molecule has 21 heavy (non-hydrogen) atoms. The Balaban J connectivity index is 2.06. The van der Waals surface area contributed by atoms with Crippen molar-refractivity contribution in [3.63, 3.8) is 0 Å². The van der Waals surface area contributed by atoms with Crippen molar-refractivity contribution in [1.29, 1.82) is 0 Å². The van der Waals surface area contributed by atoms with Gasteiger partial charge in [0.2, 0.25) is 11.9 Å². The molecule has 2 heterocycles. The van der Waals surface area contributed by atoms with Crippen LogP contribution in [0.25, 0.3) is 0 Å². The zero-order chi connectivity index (χ0) is 15.3. The molecule has 0 aliphatic carbocycles. The van der Waals surface area contributed by atoms with Gasteiger partial charge in [-0.3, -0.25) is 0 Å². The van der Waals surface area contributed by atoms with Crippen LogP contribution in [0.2, 0.25) is 0 Å². The van der Waals surface area contributed by atoms with Crippen LogP contribution >= 0.6 is 0 Å². The lowest BCUT2D eigenvalue weighted by Gasteiger charge is -2.27. The van der Waals surface area contributed by atoms with Crippen molar-refractivity contribution in [3.8, 4) is 6.01 Å². The maximum atomic E-state index is 5.70. The van der Waals surface area contributed by atoms with Crippen molar-refractivity contribution in [1.82, 2.24) is 15.0 Å². The summed E-state index contributed by atoms with van der Waals surface area (Å²) in [4.78, 5) is 15.1. The molecule has 1 saturated heterocycles. The third-order valence-corrected chi connectivity index (χ3v) is 3.20. The minimum absolute atomic E-state index is 0.228. The molecule has 1 aliphatic heterocycles. The second kappa shape index (κ2) is 6.89. The number of hydrogen-bond acceptors (Lipinski definition) is 7. The third kappa shape index (κ3) is 5.00. The molecule has 118 valence electrons. The summed E-state index contributed by atoms with van der Waals surface area (Å²) in [6.45, 7) is 10.1. The molecule has 2 rings (SSSR count). The fourth-order valence-corrected chi connectivity index (χ4v) is 1.88. The molecule has 1 aliphatic rings. The predicted octanol–water partition coefficient (Wildman–Crippen LogP) is 1.56. The first-order chi connectivity index (χ1) is 9.98. The van der Waals surface area contributed by atoms with E-state index in [0.29, 0.717) is 37.7 Å². The van der Waals surface area contributed by atoms with Gasteiger partial charge in [0, 0.05) is 20.1 Å². The number of anilines is 2. The van der Waals surface area contributed by atoms with E-state index in [2.05, 4.69) is 45.9 Å². The maximum Gasteiger partial charge on any atom is 0.323 e. The summed E-state index contributed by atoms with van der Waals surface area (Å²) in [5, 5.41) is 2.95. The molecule has 7 nitrogen and oxygen atoms in total. The van der Waals surface area contributed by atoms with Crippen molar-refractivity contribution in [3.05, 3.63) is 0 Å². The van der Waals surface area contributed by atoms with Gasteiger partial charge in [-0.1, -0.05) is 20.8 Å². The normalized spacial score (nSPS) is 15.9. The van der Waals surface area contributed by atoms with Gasteiger partial charge in [-0.05, 0) is 11.8 Å². The first kappa shape index (κ1) is 15.8. The van der Waals surface area contributed by atoms with E-state index in [0.717, 1.165) is 19.5 Å². The van der Waals surface area contributed by atoms with Crippen LogP contribution < -0.4 is 15.0 Å². The van der Waals surface area contributed by atoms with Crippen LogP contribution in [0.4, 0.5) is 11.9 Å². The predicted molar refractivity (Wildman–Crippen MR) is 82.0 cm³/mol. The molecule has 0 atom stereocenters. The van der Waals surface area contributed by atoms with E-state index in [1.54, 1.807) is 7.05 Å². The minimum atomic E-state index is 0.228. The van der Waals surface area contributed by atoms with Crippen molar-refractivity contribution in [2.24, 2.45) is 5.41 Å². The summed E-state index contributed by atoms with van der Waals surface area (Å²) < 4.78 is 11.0. The Kier molecular flexibility index (Phi) is 5.17. The summed E-state index contributed by atoms with van der Waals surface area (Å²) in [5.74, 6) is 1.17. The Morgan fingerprint density at radius 1 is 1.19 bits per heavy atom. The topological polar surface area (TPSA) is 72.4 Å². The summed E-state index contributed by atoms with van der Waals surface area (Å²) in [7, 11) is 1.79. The Bertz CT molecular complexity index is 455. The first-order valence-electron chi connectivity index (χ1n) is 7.37. The van der Waals surface area contributed by atoms with Crippen LogP contribution in [0.5, 0.6) is 6.01 Å². The molecule has 1 aromatic rings. The summed E-state index contributed by atoms with van der Waals surface area (Å²) in [6, 6.07) is 0.375. The van der Waals surface area contributed by atoms with Crippen LogP contribution in [0, 0.1) is 5.41 Å². The van der Waals surface area contributed by atoms with Crippen LogP contribution in [0.1, 0.15) is 27.2 Å². The van der Waals surface area contributed by atoms with E-state index in [9.17, 15) is 0 Å². The highest BCUT2D eigenvalue weighted by Crippen LogP contribution is 2.20. The molecular formula is C14H25N5O2. The van der Waals surface area contributed by atoms with Gasteiger partial charge in [-0.15, -0.1) is 0 Å². The summed E-state index contributed by atoms with van der Waals surface area (Å²) in [5.41, 5.74) is 0.228. The average Bonchev–Trinajstić information content (AvgIpc) is 2.46. The highest BCUT2D eigenvalue weighted by Gasteiger charge is 2.17. The first-order valence-corrected chi connectivity index (χ1v) is 7.37. The number of hydrogen-bond donors (Lipinski definition) is 1. The van der Waals surface area contributed by atoms with Crippen LogP contribution in [-0.2, 0) is 4.74 Å². The molecule has 1 fully saturated rings. The van der Waals surface area contributed by atoms with Crippen LogP contribution in [-0.4, -0.2) is 54.9 Å². The number of nitrogens with zero attached hydrogens (tertiary/aromatic N) is 4. The van der Waals surface area contributed by atoms with Crippen LogP contribution in [0.3, 0.4) is 0 Å². The summed E-state index contributed by atoms with van der Waals surface area (Å²) >= 11 is 0. The van der Waals surface area contributed by atoms with Crippen molar-refractivity contribution in [2.45, 2.75) is 27.2 Å². The lowest BCUT2D eigenvalue weighted by Crippen LogP contribution is -2.37. The Hall–Kier alpha value is -1.63. The Morgan fingerprint density at radius 3 is 2.52 bits per heavy atom. The number of rotatable bonds is 5. The fourth-order valence-electron chi connectivity index (χ4n) is 1.88. The van der Waals surface area contributed by atoms with Gasteiger partial charge in [0.05, 0.1) is 19.8 Å². The van der Waals surface area contributed by atoms with E-state index < -0.39 is 0 Å².